The van der Waals surface area contributed by atoms with E-state index in [1.807, 2.05) is 6.20 Å². The van der Waals surface area contributed by atoms with Crippen molar-refractivity contribution < 1.29 is 13.2 Å². The van der Waals surface area contributed by atoms with E-state index in [0.29, 0.717) is 11.4 Å². The number of fused-ring (bicyclic) bond motifs is 1. The van der Waals surface area contributed by atoms with Gasteiger partial charge < -0.3 is 0 Å². The molecule has 6 heteroatoms. The number of hydrogen-bond acceptors (Lipinski definition) is 3. The van der Waals surface area contributed by atoms with Gasteiger partial charge in [-0.1, -0.05) is 30.3 Å². The lowest BCUT2D eigenvalue weighted by atomic mass is 10.0. The number of nitrogens with zero attached hydrogens (tertiary/aromatic N) is 3. The summed E-state index contributed by atoms with van der Waals surface area (Å²) in [6.07, 6.45) is -1.73. The third-order valence-electron chi connectivity index (χ3n) is 5.59. The lowest BCUT2D eigenvalue weighted by Gasteiger charge is -2.28. The first-order chi connectivity index (χ1) is 13.8. The second-order valence-electron chi connectivity index (χ2n) is 7.56. The van der Waals surface area contributed by atoms with Gasteiger partial charge in [0.1, 0.15) is 0 Å². The standard InChI is InChI=1S/C23H22F3N3/c1-15-4-3-5-18(16(15)2)13-29-11-10-21-19(14-29)12-27-22(28-21)17-6-8-20(9-7-17)23(24,25)26/h3-9,12H,10-11,13-14H2,1-2H3. The summed E-state index contributed by atoms with van der Waals surface area (Å²) < 4.78 is 38.3. The van der Waals surface area contributed by atoms with Crippen LogP contribution in [0.1, 0.15) is 33.5 Å². The molecule has 0 spiro atoms. The summed E-state index contributed by atoms with van der Waals surface area (Å²) in [6, 6.07) is 11.4. The van der Waals surface area contributed by atoms with Gasteiger partial charge in [-0.15, -0.1) is 0 Å². The Labute approximate surface area is 168 Å². The molecule has 3 nitrogen and oxygen atoms in total. The van der Waals surface area contributed by atoms with Crippen LogP contribution in [-0.4, -0.2) is 21.4 Å². The minimum atomic E-state index is -4.34. The van der Waals surface area contributed by atoms with E-state index in [0.717, 1.165) is 49.4 Å². The van der Waals surface area contributed by atoms with Gasteiger partial charge in [0, 0.05) is 43.4 Å². The Bertz CT molecular complexity index is 1030. The van der Waals surface area contributed by atoms with Crippen molar-refractivity contribution in [3.05, 3.63) is 82.2 Å². The fourth-order valence-corrected chi connectivity index (χ4v) is 3.68. The van der Waals surface area contributed by atoms with Crippen molar-refractivity contribution in [3.8, 4) is 11.4 Å². The molecule has 0 unspecified atom stereocenters. The summed E-state index contributed by atoms with van der Waals surface area (Å²) in [4.78, 5) is 11.4. The Morgan fingerprint density at radius 2 is 1.79 bits per heavy atom. The minimum absolute atomic E-state index is 0.473. The highest BCUT2D eigenvalue weighted by atomic mass is 19.4. The third kappa shape index (κ3) is 4.17. The summed E-state index contributed by atoms with van der Waals surface area (Å²) in [5.41, 5.74) is 5.94. The van der Waals surface area contributed by atoms with Crippen molar-refractivity contribution in [3.63, 3.8) is 0 Å². The quantitative estimate of drug-likeness (QED) is 0.598. The average Bonchev–Trinajstić information content (AvgIpc) is 2.70. The average molecular weight is 397 g/mol. The van der Waals surface area contributed by atoms with E-state index in [1.54, 1.807) is 0 Å². The van der Waals surface area contributed by atoms with E-state index in [4.69, 9.17) is 0 Å². The van der Waals surface area contributed by atoms with E-state index >= 15 is 0 Å². The summed E-state index contributed by atoms with van der Waals surface area (Å²) in [6.45, 7) is 6.83. The van der Waals surface area contributed by atoms with Crippen LogP contribution in [-0.2, 0) is 25.7 Å². The molecule has 0 N–H and O–H groups in total. The lowest BCUT2D eigenvalue weighted by Crippen LogP contribution is -2.31. The van der Waals surface area contributed by atoms with Crippen LogP contribution < -0.4 is 0 Å². The fraction of sp³-hybridized carbons (Fsp3) is 0.304. The number of alkyl halides is 3. The molecule has 0 bridgehead atoms. The molecule has 3 aromatic rings. The van der Waals surface area contributed by atoms with E-state index in [9.17, 15) is 13.2 Å². The van der Waals surface area contributed by atoms with Crippen LogP contribution in [0.15, 0.2) is 48.7 Å². The van der Waals surface area contributed by atoms with Crippen molar-refractivity contribution in [1.82, 2.24) is 14.9 Å². The smallest absolute Gasteiger partial charge is 0.294 e. The number of aryl methyl sites for hydroxylation is 1. The Kier molecular flexibility index (Phi) is 5.13. The highest BCUT2D eigenvalue weighted by Gasteiger charge is 2.30. The molecule has 1 aliphatic rings. The SMILES string of the molecule is Cc1cccc(CN2CCc3nc(-c4ccc(C(F)(F)F)cc4)ncc3C2)c1C. The molecule has 0 radical (unpaired) electrons. The number of rotatable bonds is 3. The molecular formula is C23H22F3N3. The third-order valence-corrected chi connectivity index (χ3v) is 5.59. The summed E-state index contributed by atoms with van der Waals surface area (Å²) in [5, 5.41) is 0. The molecule has 0 amide bonds. The zero-order valence-electron chi connectivity index (χ0n) is 16.4. The van der Waals surface area contributed by atoms with E-state index in [-0.39, 0.29) is 0 Å². The van der Waals surface area contributed by atoms with E-state index in [1.165, 1.54) is 28.8 Å². The molecule has 0 saturated carbocycles. The Morgan fingerprint density at radius 3 is 2.52 bits per heavy atom. The molecule has 0 aliphatic carbocycles. The lowest BCUT2D eigenvalue weighted by molar-refractivity contribution is -0.137. The van der Waals surface area contributed by atoms with Crippen molar-refractivity contribution in [1.29, 1.82) is 0 Å². The van der Waals surface area contributed by atoms with Gasteiger partial charge in [0.15, 0.2) is 5.82 Å². The van der Waals surface area contributed by atoms with Gasteiger partial charge in [0.2, 0.25) is 0 Å². The van der Waals surface area contributed by atoms with Crippen LogP contribution in [0.25, 0.3) is 11.4 Å². The molecule has 150 valence electrons. The van der Waals surface area contributed by atoms with Crippen molar-refractivity contribution in [2.24, 2.45) is 0 Å². The maximum absolute atomic E-state index is 12.8. The molecule has 0 atom stereocenters. The van der Waals surface area contributed by atoms with Gasteiger partial charge in [-0.3, -0.25) is 4.90 Å². The van der Waals surface area contributed by atoms with Gasteiger partial charge in [0.25, 0.3) is 0 Å². The van der Waals surface area contributed by atoms with Crippen LogP contribution in [0.3, 0.4) is 0 Å². The van der Waals surface area contributed by atoms with E-state index in [2.05, 4.69) is 46.9 Å². The molecule has 29 heavy (non-hydrogen) atoms. The van der Waals surface area contributed by atoms with Gasteiger partial charge >= 0.3 is 6.18 Å². The van der Waals surface area contributed by atoms with Crippen LogP contribution in [0, 0.1) is 13.8 Å². The van der Waals surface area contributed by atoms with E-state index < -0.39 is 11.7 Å². The maximum atomic E-state index is 12.8. The topological polar surface area (TPSA) is 29.0 Å². The summed E-state index contributed by atoms with van der Waals surface area (Å²) in [5.74, 6) is 0.473. The number of hydrogen-bond donors (Lipinski definition) is 0. The number of aromatic nitrogens is 2. The second kappa shape index (κ2) is 7.59. The molecule has 0 fully saturated rings. The first-order valence-electron chi connectivity index (χ1n) is 9.61. The van der Waals surface area contributed by atoms with Gasteiger partial charge in [-0.05, 0) is 42.7 Å². The molecular weight excluding hydrogens is 375 g/mol. The van der Waals surface area contributed by atoms with Gasteiger partial charge in [0.05, 0.1) is 11.3 Å². The Morgan fingerprint density at radius 1 is 1.03 bits per heavy atom. The second-order valence-corrected chi connectivity index (χ2v) is 7.56. The highest BCUT2D eigenvalue weighted by Crippen LogP contribution is 2.30. The van der Waals surface area contributed by atoms with Crippen LogP contribution in [0.2, 0.25) is 0 Å². The molecule has 2 aromatic carbocycles. The zero-order valence-corrected chi connectivity index (χ0v) is 16.4. The largest absolute Gasteiger partial charge is 0.416 e. The summed E-state index contributed by atoms with van der Waals surface area (Å²) in [7, 11) is 0. The zero-order chi connectivity index (χ0) is 20.6. The minimum Gasteiger partial charge on any atom is -0.294 e. The molecule has 1 aliphatic heterocycles. The highest BCUT2D eigenvalue weighted by molar-refractivity contribution is 5.56. The van der Waals surface area contributed by atoms with Crippen molar-refractivity contribution in [2.45, 2.75) is 39.5 Å². The Hall–Kier alpha value is -2.73. The predicted molar refractivity (Wildman–Crippen MR) is 106 cm³/mol. The normalized spacial score (nSPS) is 14.7. The predicted octanol–water partition coefficient (Wildman–Crippen LogP) is 5.34. The van der Waals surface area contributed by atoms with Gasteiger partial charge in [-0.2, -0.15) is 13.2 Å². The molecule has 4 rings (SSSR count). The van der Waals surface area contributed by atoms with Gasteiger partial charge in [-0.25, -0.2) is 9.97 Å². The van der Waals surface area contributed by atoms with Crippen molar-refractivity contribution >= 4 is 0 Å². The van der Waals surface area contributed by atoms with Crippen LogP contribution in [0.4, 0.5) is 13.2 Å². The first-order valence-corrected chi connectivity index (χ1v) is 9.61. The fourth-order valence-electron chi connectivity index (χ4n) is 3.68. The number of benzene rings is 2. The van der Waals surface area contributed by atoms with Crippen LogP contribution >= 0.6 is 0 Å². The Balaban J connectivity index is 1.50. The monoisotopic (exact) mass is 397 g/mol. The maximum Gasteiger partial charge on any atom is 0.416 e. The first kappa shape index (κ1) is 19.6. The molecule has 1 aromatic heterocycles. The van der Waals surface area contributed by atoms with Crippen molar-refractivity contribution in [2.75, 3.05) is 6.54 Å². The number of halogens is 3. The van der Waals surface area contributed by atoms with Crippen LogP contribution in [0.5, 0.6) is 0 Å². The molecule has 0 saturated heterocycles. The summed E-state index contributed by atoms with van der Waals surface area (Å²) >= 11 is 0. The molecule has 2 heterocycles.